The number of fused-ring (bicyclic) bond motifs is 2. The number of aryl methyl sites for hydroxylation is 2. The van der Waals surface area contributed by atoms with Crippen LogP contribution < -0.4 is 0 Å². The molecule has 2 heterocycles. The number of rotatable bonds is 2. The van der Waals surface area contributed by atoms with Gasteiger partial charge < -0.3 is 4.74 Å². The lowest BCUT2D eigenvalue weighted by Crippen LogP contribution is -1.89. The third-order valence-electron chi connectivity index (χ3n) is 3.44. The molecule has 0 saturated heterocycles. The van der Waals surface area contributed by atoms with Crippen LogP contribution in [0.5, 0.6) is 0 Å². The van der Waals surface area contributed by atoms with Crippen molar-refractivity contribution in [3.8, 4) is 0 Å². The molecule has 4 rings (SSSR count). The minimum atomic E-state index is 0.375. The quantitative estimate of drug-likeness (QED) is 0.447. The van der Waals surface area contributed by atoms with Gasteiger partial charge in [0.25, 0.3) is 6.47 Å². The molecule has 0 amide bonds. The average Bonchev–Trinajstić information content (AvgIpc) is 3.25. The summed E-state index contributed by atoms with van der Waals surface area (Å²) in [4.78, 5) is 19.4. The summed E-state index contributed by atoms with van der Waals surface area (Å²) in [7, 11) is 4.98. The molecule has 27 heavy (non-hydrogen) atoms. The monoisotopic (exact) mass is 432 g/mol. The highest BCUT2D eigenvalue weighted by Crippen LogP contribution is 2.16. The fourth-order valence-electron chi connectivity index (χ4n) is 2.12. The van der Waals surface area contributed by atoms with E-state index in [0.29, 0.717) is 12.0 Å². The largest absolute Gasteiger partial charge is 0.471 e. The Morgan fingerprint density at radius 3 is 1.96 bits per heavy atom. The lowest BCUT2D eigenvalue weighted by molar-refractivity contribution is -0.126. The van der Waals surface area contributed by atoms with Crippen molar-refractivity contribution >= 4 is 50.8 Å². The van der Waals surface area contributed by atoms with Crippen LogP contribution in [0.2, 0.25) is 0 Å². The third kappa shape index (κ3) is 5.17. The van der Waals surface area contributed by atoms with Gasteiger partial charge in [-0.05, 0) is 36.4 Å². The van der Waals surface area contributed by atoms with Crippen molar-refractivity contribution < 1.29 is 14.3 Å². The SMILES string of the molecule is COC=O.Cn1nnc2ccc(Br)cc21.Cn1nnc2ccc(C=O)cc21. The molecule has 140 valence electrons. The second kappa shape index (κ2) is 9.53. The molecule has 10 heteroatoms. The Hall–Kier alpha value is -3.14. The van der Waals surface area contributed by atoms with Gasteiger partial charge in [-0.25, -0.2) is 9.36 Å². The van der Waals surface area contributed by atoms with Gasteiger partial charge in [-0.1, -0.05) is 26.4 Å². The maximum atomic E-state index is 10.4. The van der Waals surface area contributed by atoms with Crippen molar-refractivity contribution in [2.45, 2.75) is 0 Å². The Morgan fingerprint density at radius 2 is 1.44 bits per heavy atom. The van der Waals surface area contributed by atoms with E-state index in [1.165, 1.54) is 7.11 Å². The minimum Gasteiger partial charge on any atom is -0.471 e. The molecule has 0 N–H and O–H groups in total. The zero-order chi connectivity index (χ0) is 19.8. The minimum absolute atomic E-state index is 0.375. The number of aromatic nitrogens is 6. The summed E-state index contributed by atoms with van der Waals surface area (Å²) in [5.74, 6) is 0. The molecule has 0 aliphatic rings. The van der Waals surface area contributed by atoms with Crippen LogP contribution in [-0.4, -0.2) is 49.9 Å². The maximum absolute atomic E-state index is 10.4. The Labute approximate surface area is 163 Å². The van der Waals surface area contributed by atoms with E-state index in [-0.39, 0.29) is 0 Å². The highest BCUT2D eigenvalue weighted by molar-refractivity contribution is 9.10. The van der Waals surface area contributed by atoms with Crippen molar-refractivity contribution in [2.24, 2.45) is 14.1 Å². The van der Waals surface area contributed by atoms with E-state index in [1.807, 2.05) is 25.2 Å². The molecular weight excluding hydrogens is 416 g/mol. The first-order chi connectivity index (χ1) is 13.0. The summed E-state index contributed by atoms with van der Waals surface area (Å²) < 4.78 is 8.30. The van der Waals surface area contributed by atoms with Crippen LogP contribution in [0.15, 0.2) is 40.9 Å². The molecule has 0 unspecified atom stereocenters. The van der Waals surface area contributed by atoms with Crippen molar-refractivity contribution in [2.75, 3.05) is 7.11 Å². The molecule has 0 radical (unpaired) electrons. The van der Waals surface area contributed by atoms with Crippen LogP contribution in [0.4, 0.5) is 0 Å². The Kier molecular flexibility index (Phi) is 7.12. The number of hydrogen-bond acceptors (Lipinski definition) is 7. The maximum Gasteiger partial charge on any atom is 0.292 e. The number of halogens is 1. The number of ether oxygens (including phenoxy) is 1. The third-order valence-corrected chi connectivity index (χ3v) is 3.93. The first-order valence-corrected chi connectivity index (χ1v) is 8.45. The Balaban J connectivity index is 0.000000163. The van der Waals surface area contributed by atoms with Crippen molar-refractivity contribution in [3.05, 3.63) is 46.4 Å². The second-order valence-corrected chi connectivity index (χ2v) is 6.17. The summed E-state index contributed by atoms with van der Waals surface area (Å²) in [6, 6.07) is 11.2. The van der Waals surface area contributed by atoms with Crippen LogP contribution in [0.3, 0.4) is 0 Å². The van der Waals surface area contributed by atoms with Gasteiger partial charge in [-0.15, -0.1) is 10.2 Å². The summed E-state index contributed by atoms with van der Waals surface area (Å²) in [6.07, 6.45) is 0.812. The molecule has 0 aliphatic heterocycles. The number of benzene rings is 2. The normalized spacial score (nSPS) is 9.78. The van der Waals surface area contributed by atoms with Crippen molar-refractivity contribution in [3.63, 3.8) is 0 Å². The van der Waals surface area contributed by atoms with E-state index in [0.717, 1.165) is 32.8 Å². The van der Waals surface area contributed by atoms with E-state index >= 15 is 0 Å². The van der Waals surface area contributed by atoms with Gasteiger partial charge in [0.1, 0.15) is 17.3 Å². The smallest absolute Gasteiger partial charge is 0.292 e. The van der Waals surface area contributed by atoms with Crippen LogP contribution in [0.1, 0.15) is 10.4 Å². The molecule has 9 nitrogen and oxygen atoms in total. The van der Waals surface area contributed by atoms with E-state index < -0.39 is 0 Å². The molecular formula is C17H17BrN6O3. The van der Waals surface area contributed by atoms with Gasteiger partial charge in [0.2, 0.25) is 0 Å². The summed E-state index contributed by atoms with van der Waals surface area (Å²) in [5.41, 5.74) is 4.30. The lowest BCUT2D eigenvalue weighted by atomic mass is 10.2. The van der Waals surface area contributed by atoms with Crippen molar-refractivity contribution in [1.29, 1.82) is 0 Å². The molecule has 2 aromatic carbocycles. The lowest BCUT2D eigenvalue weighted by Gasteiger charge is -1.91. The predicted octanol–water partition coefficient (Wildman–Crippen LogP) is 2.30. The molecule has 0 saturated carbocycles. The van der Waals surface area contributed by atoms with Crippen molar-refractivity contribution in [1.82, 2.24) is 30.0 Å². The molecule has 0 spiro atoms. The van der Waals surface area contributed by atoms with Gasteiger partial charge in [-0.2, -0.15) is 0 Å². The fraction of sp³-hybridized carbons (Fsp3) is 0.176. The number of methoxy groups -OCH3 is 1. The highest BCUT2D eigenvalue weighted by atomic mass is 79.9. The first-order valence-electron chi connectivity index (χ1n) is 7.66. The molecule has 0 fully saturated rings. The summed E-state index contributed by atoms with van der Waals surface area (Å²) in [6.45, 7) is 0.375. The van der Waals surface area contributed by atoms with E-state index in [9.17, 15) is 4.79 Å². The van der Waals surface area contributed by atoms with E-state index in [2.05, 4.69) is 41.3 Å². The number of nitrogens with zero attached hydrogens (tertiary/aromatic N) is 6. The van der Waals surface area contributed by atoms with Crippen LogP contribution in [-0.2, 0) is 23.6 Å². The number of hydrogen-bond donors (Lipinski definition) is 0. The standard InChI is InChI=1S/C8H7N3O.C7H6BrN3.C2H4O2/c1-11-8-4-6(5-12)2-3-7(8)9-10-11;1-11-7-4-5(8)2-3-6(7)9-10-11;1-4-2-3/h2-5H,1H3;2-4H,1H3;2H,1H3. The zero-order valence-corrected chi connectivity index (χ0v) is 16.5. The van der Waals surface area contributed by atoms with Gasteiger partial charge in [0.05, 0.1) is 18.1 Å². The fourth-order valence-corrected chi connectivity index (χ4v) is 2.47. The number of carbonyl (C=O) groups excluding carboxylic acids is 2. The van der Waals surface area contributed by atoms with Gasteiger partial charge in [0, 0.05) is 24.1 Å². The molecule has 2 aromatic heterocycles. The average molecular weight is 433 g/mol. The van der Waals surface area contributed by atoms with Gasteiger partial charge in [0.15, 0.2) is 0 Å². The van der Waals surface area contributed by atoms with Gasteiger partial charge >= 0.3 is 0 Å². The highest BCUT2D eigenvalue weighted by Gasteiger charge is 2.01. The van der Waals surface area contributed by atoms with E-state index in [1.54, 1.807) is 34.6 Å². The number of aldehydes is 1. The number of carbonyl (C=O) groups is 2. The molecule has 4 aromatic rings. The molecule has 0 bridgehead atoms. The van der Waals surface area contributed by atoms with E-state index in [4.69, 9.17) is 4.79 Å². The summed E-state index contributed by atoms with van der Waals surface area (Å²) in [5, 5.41) is 15.5. The van der Waals surface area contributed by atoms with Crippen LogP contribution in [0.25, 0.3) is 22.1 Å². The summed E-state index contributed by atoms with van der Waals surface area (Å²) >= 11 is 3.38. The first kappa shape index (κ1) is 20.2. The molecule has 0 atom stereocenters. The zero-order valence-electron chi connectivity index (χ0n) is 14.9. The topological polar surface area (TPSA) is 105 Å². The van der Waals surface area contributed by atoms with Crippen LogP contribution in [0, 0.1) is 0 Å². The second-order valence-electron chi connectivity index (χ2n) is 5.26. The molecule has 0 aliphatic carbocycles. The Bertz CT molecular complexity index is 1060. The predicted molar refractivity (Wildman–Crippen MR) is 103 cm³/mol. The Morgan fingerprint density at radius 1 is 0.926 bits per heavy atom. The van der Waals surface area contributed by atoms with Crippen LogP contribution >= 0.6 is 15.9 Å². The van der Waals surface area contributed by atoms with Gasteiger partial charge in [-0.3, -0.25) is 9.59 Å².